The van der Waals surface area contributed by atoms with E-state index in [2.05, 4.69) is 9.97 Å². The lowest BCUT2D eigenvalue weighted by molar-refractivity contribution is 0.0974. The molecule has 0 aliphatic heterocycles. The van der Waals surface area contributed by atoms with E-state index in [-0.39, 0.29) is 22.4 Å². The minimum atomic E-state index is -4.30. The number of aryl methyl sites for hydroxylation is 4. The number of halogens is 1. The first-order valence-corrected chi connectivity index (χ1v) is 14.5. The molecule has 0 atom stereocenters. The third-order valence-electron chi connectivity index (χ3n) is 6.04. The molecule has 0 spiro atoms. The van der Waals surface area contributed by atoms with Gasteiger partial charge in [0.05, 0.1) is 6.61 Å². The topological polar surface area (TPSA) is 107 Å². The summed E-state index contributed by atoms with van der Waals surface area (Å²) in [5, 5.41) is -0.302. The van der Waals surface area contributed by atoms with Gasteiger partial charge in [-0.05, 0) is 80.6 Å². The van der Waals surface area contributed by atoms with Crippen LogP contribution in [0.1, 0.15) is 46.7 Å². The van der Waals surface area contributed by atoms with Gasteiger partial charge in [0.25, 0.3) is 15.9 Å². The summed E-state index contributed by atoms with van der Waals surface area (Å²) in [6, 6.07) is 14.1. The van der Waals surface area contributed by atoms with E-state index < -0.39 is 21.7 Å². The summed E-state index contributed by atoms with van der Waals surface area (Å²) >= 11 is 0. The largest absolute Gasteiger partial charge is 0.493 e. The molecule has 1 amide bonds. The maximum Gasteiger partial charge on any atom is 0.287 e. The Morgan fingerprint density at radius 1 is 0.976 bits per heavy atom. The second-order valence-corrected chi connectivity index (χ2v) is 12.0. The second-order valence-electron chi connectivity index (χ2n) is 10.3. The first-order chi connectivity index (χ1) is 19.3. The molecule has 2 aromatic carbocycles. The van der Waals surface area contributed by atoms with Gasteiger partial charge in [-0.15, -0.1) is 0 Å². The highest BCUT2D eigenvalue weighted by Gasteiger charge is 2.25. The number of hydrogen-bond donors (Lipinski definition) is 1. The summed E-state index contributed by atoms with van der Waals surface area (Å²) in [6.45, 7) is 11.7. The lowest BCUT2D eigenvalue weighted by atomic mass is 10.1. The summed E-state index contributed by atoms with van der Waals surface area (Å²) in [6.07, 6.45) is 1.36. The fourth-order valence-electron chi connectivity index (χ4n) is 4.25. The van der Waals surface area contributed by atoms with Gasteiger partial charge in [0.15, 0.2) is 16.5 Å². The van der Waals surface area contributed by atoms with E-state index in [4.69, 9.17) is 9.47 Å². The molecule has 2 aromatic heterocycles. The monoisotopic (exact) mass is 577 g/mol. The number of amides is 1. The Kier molecular flexibility index (Phi) is 8.72. The van der Waals surface area contributed by atoms with Crippen molar-refractivity contribution in [2.45, 2.75) is 46.6 Å². The van der Waals surface area contributed by atoms with Crippen molar-refractivity contribution in [2.24, 2.45) is 5.92 Å². The Labute approximate surface area is 239 Å². The van der Waals surface area contributed by atoms with E-state index in [1.165, 1.54) is 36.5 Å². The Morgan fingerprint density at radius 3 is 2.34 bits per heavy atom. The van der Waals surface area contributed by atoms with E-state index in [0.717, 1.165) is 16.7 Å². The molecule has 0 aliphatic rings. The summed E-state index contributed by atoms with van der Waals surface area (Å²) in [7, 11) is -4.30. The van der Waals surface area contributed by atoms with Crippen LogP contribution in [0.4, 0.5) is 4.39 Å². The minimum absolute atomic E-state index is 0.00337. The fourth-order valence-corrected chi connectivity index (χ4v) is 5.22. The molecule has 0 bridgehead atoms. The molecule has 0 unspecified atom stereocenters. The van der Waals surface area contributed by atoms with Crippen LogP contribution in [0.3, 0.4) is 0 Å². The van der Waals surface area contributed by atoms with Crippen molar-refractivity contribution in [1.82, 2.24) is 14.7 Å². The van der Waals surface area contributed by atoms with Crippen LogP contribution < -0.4 is 14.2 Å². The predicted octanol–water partition coefficient (Wildman–Crippen LogP) is 6.46. The van der Waals surface area contributed by atoms with E-state index in [1.54, 1.807) is 19.1 Å². The van der Waals surface area contributed by atoms with Crippen LogP contribution in [0.5, 0.6) is 17.2 Å². The number of benzene rings is 2. The Hall–Kier alpha value is -4.31. The molecule has 8 nitrogen and oxygen atoms in total. The average Bonchev–Trinajstić information content (AvgIpc) is 2.89. The minimum Gasteiger partial charge on any atom is -0.493 e. The van der Waals surface area contributed by atoms with Crippen LogP contribution >= 0.6 is 0 Å². The third kappa shape index (κ3) is 7.26. The molecule has 4 rings (SSSR count). The standard InChI is InChI=1S/C31H32FN3O5S/c1-18(2)17-39-26-13-23(12-25(32)15-26)24-14-27(40-30-20(4)10-19(3)11-21(30)5)29(33-16-24)31(36)35-41(37,38)28-9-7-8-22(6)34-28/h7-16,18H,17H2,1-6H3,(H,35,36). The Balaban J connectivity index is 1.78. The first-order valence-electron chi connectivity index (χ1n) is 13.0. The second kappa shape index (κ2) is 12.1. The molecular weight excluding hydrogens is 545 g/mol. The van der Waals surface area contributed by atoms with Crippen LogP contribution in [0, 0.1) is 39.4 Å². The van der Waals surface area contributed by atoms with Crippen LogP contribution in [0.2, 0.25) is 0 Å². The maximum atomic E-state index is 14.5. The zero-order valence-corrected chi connectivity index (χ0v) is 24.6. The molecule has 0 saturated carbocycles. The highest BCUT2D eigenvalue weighted by Crippen LogP contribution is 2.35. The zero-order chi connectivity index (χ0) is 29.9. The molecule has 4 aromatic rings. The highest BCUT2D eigenvalue weighted by atomic mass is 32.2. The van der Waals surface area contributed by atoms with Crippen LogP contribution in [0.15, 0.2) is 65.8 Å². The SMILES string of the molecule is Cc1cc(C)c(Oc2cc(-c3cc(F)cc(OCC(C)C)c3)cnc2C(=O)NS(=O)(=O)c2cccc(C)n2)c(C)c1. The van der Waals surface area contributed by atoms with Crippen molar-refractivity contribution >= 4 is 15.9 Å². The van der Waals surface area contributed by atoms with Gasteiger partial charge in [-0.1, -0.05) is 37.6 Å². The smallest absolute Gasteiger partial charge is 0.287 e. The van der Waals surface area contributed by atoms with E-state index >= 15 is 0 Å². The summed E-state index contributed by atoms with van der Waals surface area (Å²) < 4.78 is 54.4. The number of aromatic nitrogens is 2. The van der Waals surface area contributed by atoms with Crippen molar-refractivity contribution in [2.75, 3.05) is 6.61 Å². The lowest BCUT2D eigenvalue weighted by Gasteiger charge is -2.17. The summed E-state index contributed by atoms with van der Waals surface area (Å²) in [5.74, 6) is -0.429. The number of rotatable bonds is 9. The lowest BCUT2D eigenvalue weighted by Crippen LogP contribution is -2.32. The molecule has 2 heterocycles. The van der Waals surface area contributed by atoms with Crippen LogP contribution in [-0.4, -0.2) is 30.9 Å². The van der Waals surface area contributed by atoms with Crippen LogP contribution in [0.25, 0.3) is 11.1 Å². The van der Waals surface area contributed by atoms with Gasteiger partial charge in [0.2, 0.25) is 0 Å². The fraction of sp³-hybridized carbons (Fsp3) is 0.258. The van der Waals surface area contributed by atoms with E-state index in [0.29, 0.717) is 34.9 Å². The Bertz CT molecular complexity index is 1700. The van der Waals surface area contributed by atoms with Gasteiger partial charge in [-0.25, -0.2) is 19.1 Å². The zero-order valence-electron chi connectivity index (χ0n) is 23.8. The van der Waals surface area contributed by atoms with Crippen LogP contribution in [-0.2, 0) is 10.0 Å². The normalized spacial score (nSPS) is 11.4. The van der Waals surface area contributed by atoms with Crippen molar-refractivity contribution in [3.05, 3.63) is 94.7 Å². The molecule has 214 valence electrons. The summed E-state index contributed by atoms with van der Waals surface area (Å²) in [5.41, 5.74) is 3.75. The van der Waals surface area contributed by atoms with Gasteiger partial charge in [0, 0.05) is 23.5 Å². The number of carbonyl (C=O) groups is 1. The molecule has 41 heavy (non-hydrogen) atoms. The number of hydrogen-bond acceptors (Lipinski definition) is 7. The Morgan fingerprint density at radius 2 is 1.68 bits per heavy atom. The molecule has 0 saturated heterocycles. The average molecular weight is 578 g/mol. The number of ether oxygens (including phenoxy) is 2. The number of sulfonamides is 1. The molecule has 0 radical (unpaired) electrons. The van der Waals surface area contributed by atoms with Crippen molar-refractivity contribution in [3.8, 4) is 28.4 Å². The van der Waals surface area contributed by atoms with Crippen molar-refractivity contribution < 1.29 is 27.1 Å². The van der Waals surface area contributed by atoms with E-state index in [9.17, 15) is 17.6 Å². The third-order valence-corrected chi connectivity index (χ3v) is 7.27. The molecular formula is C31H32FN3O5S. The molecule has 0 fully saturated rings. The molecule has 1 N–H and O–H groups in total. The predicted molar refractivity (Wildman–Crippen MR) is 154 cm³/mol. The maximum absolute atomic E-state index is 14.5. The van der Waals surface area contributed by atoms with Gasteiger partial charge in [0.1, 0.15) is 17.3 Å². The quantitative estimate of drug-likeness (QED) is 0.243. The van der Waals surface area contributed by atoms with Gasteiger partial charge in [-0.3, -0.25) is 4.79 Å². The molecule has 0 aliphatic carbocycles. The highest BCUT2D eigenvalue weighted by molar-refractivity contribution is 7.90. The molecule has 10 heteroatoms. The first kappa shape index (κ1) is 29.7. The van der Waals surface area contributed by atoms with Gasteiger partial charge >= 0.3 is 0 Å². The summed E-state index contributed by atoms with van der Waals surface area (Å²) in [4.78, 5) is 21.6. The van der Waals surface area contributed by atoms with Crippen molar-refractivity contribution in [1.29, 1.82) is 0 Å². The number of nitrogens with zero attached hydrogens (tertiary/aromatic N) is 2. The van der Waals surface area contributed by atoms with E-state index in [1.807, 2.05) is 51.5 Å². The number of carbonyl (C=O) groups excluding carboxylic acids is 1. The number of pyridine rings is 2. The van der Waals surface area contributed by atoms with Gasteiger partial charge < -0.3 is 9.47 Å². The van der Waals surface area contributed by atoms with Crippen molar-refractivity contribution in [3.63, 3.8) is 0 Å². The van der Waals surface area contributed by atoms with Gasteiger partial charge in [-0.2, -0.15) is 8.42 Å². The number of nitrogens with one attached hydrogen (secondary N) is 1.